The number of aliphatic hydroxyl groups excluding tert-OH is 1. The molecule has 2 rings (SSSR count). The van der Waals surface area contributed by atoms with Gasteiger partial charge in [-0.05, 0) is 25.0 Å². The quantitative estimate of drug-likeness (QED) is 0.820. The number of hydrogen-bond donors (Lipinski definition) is 2. The Morgan fingerprint density at radius 3 is 2.71 bits per heavy atom. The maximum Gasteiger partial charge on any atom is 0.222 e. The van der Waals surface area contributed by atoms with Gasteiger partial charge in [-0.15, -0.1) is 0 Å². The largest absolute Gasteiger partial charge is 0.394 e. The minimum Gasteiger partial charge on any atom is -0.394 e. The third kappa shape index (κ3) is 3.42. The van der Waals surface area contributed by atoms with Crippen molar-refractivity contribution in [1.29, 1.82) is 0 Å². The number of carbonyl (C=O) groups is 1. The number of nitrogens with zero attached hydrogens (tertiary/aromatic N) is 2. The van der Waals surface area contributed by atoms with Crippen molar-refractivity contribution < 1.29 is 9.90 Å². The highest BCUT2D eigenvalue weighted by Gasteiger charge is 2.26. The lowest BCUT2D eigenvalue weighted by molar-refractivity contribution is -0.124. The van der Waals surface area contributed by atoms with Crippen molar-refractivity contribution in [2.75, 3.05) is 6.61 Å². The van der Waals surface area contributed by atoms with Crippen molar-refractivity contribution in [2.24, 2.45) is 0 Å². The van der Waals surface area contributed by atoms with Gasteiger partial charge in [-0.2, -0.15) is 0 Å². The Morgan fingerprint density at radius 1 is 1.33 bits per heavy atom. The number of aliphatic hydroxyl groups is 1. The molecule has 2 aromatic rings. The van der Waals surface area contributed by atoms with Crippen molar-refractivity contribution >= 4 is 16.9 Å². The average molecular weight is 289 g/mol. The Morgan fingerprint density at radius 2 is 2.05 bits per heavy atom. The van der Waals surface area contributed by atoms with E-state index in [1.807, 2.05) is 42.7 Å². The first-order valence-corrected chi connectivity index (χ1v) is 7.46. The molecule has 1 aromatic carbocycles. The summed E-state index contributed by atoms with van der Waals surface area (Å²) in [5.41, 5.74) is 1.48. The minimum atomic E-state index is -0.492. The van der Waals surface area contributed by atoms with E-state index in [-0.39, 0.29) is 12.5 Å². The summed E-state index contributed by atoms with van der Waals surface area (Å²) in [6, 6.07) is 7.86. The molecule has 0 fully saturated rings. The number of benzene rings is 1. The predicted octanol–water partition coefficient (Wildman–Crippen LogP) is 2.09. The van der Waals surface area contributed by atoms with Crippen LogP contribution in [0.5, 0.6) is 0 Å². The molecule has 0 aliphatic carbocycles. The van der Waals surface area contributed by atoms with Gasteiger partial charge >= 0.3 is 0 Å². The number of para-hydroxylation sites is 2. The molecule has 0 radical (unpaired) electrons. The summed E-state index contributed by atoms with van der Waals surface area (Å²) in [7, 11) is 0. The Hall–Kier alpha value is -1.88. The van der Waals surface area contributed by atoms with Gasteiger partial charge in [0.2, 0.25) is 5.91 Å². The van der Waals surface area contributed by atoms with Gasteiger partial charge in [0, 0.05) is 13.0 Å². The first kappa shape index (κ1) is 15.5. The van der Waals surface area contributed by atoms with Crippen LogP contribution in [-0.2, 0) is 11.3 Å². The number of carbonyl (C=O) groups excluding carboxylic acids is 1. The zero-order valence-electron chi connectivity index (χ0n) is 12.7. The van der Waals surface area contributed by atoms with Crippen LogP contribution in [0.1, 0.15) is 33.1 Å². The molecule has 0 unspecified atom stereocenters. The molecule has 0 saturated heterocycles. The van der Waals surface area contributed by atoms with Gasteiger partial charge in [-0.1, -0.05) is 26.0 Å². The monoisotopic (exact) mass is 289 g/mol. The van der Waals surface area contributed by atoms with E-state index in [1.54, 1.807) is 6.33 Å². The highest BCUT2D eigenvalue weighted by molar-refractivity contribution is 5.78. The Balaban J connectivity index is 1.98. The van der Waals surface area contributed by atoms with E-state index in [0.717, 1.165) is 23.9 Å². The summed E-state index contributed by atoms with van der Waals surface area (Å²) in [4.78, 5) is 16.4. The molecule has 1 aromatic heterocycles. The fourth-order valence-electron chi connectivity index (χ4n) is 2.46. The van der Waals surface area contributed by atoms with E-state index in [0.29, 0.717) is 13.0 Å². The average Bonchev–Trinajstić information content (AvgIpc) is 2.94. The molecule has 0 atom stereocenters. The summed E-state index contributed by atoms with van der Waals surface area (Å²) in [5, 5.41) is 12.5. The molecule has 1 heterocycles. The highest BCUT2D eigenvalue weighted by Crippen LogP contribution is 2.15. The fraction of sp³-hybridized carbons (Fsp3) is 0.500. The third-order valence-corrected chi connectivity index (χ3v) is 4.17. The summed E-state index contributed by atoms with van der Waals surface area (Å²) >= 11 is 0. The number of amides is 1. The molecule has 0 bridgehead atoms. The van der Waals surface area contributed by atoms with Crippen molar-refractivity contribution in [1.82, 2.24) is 14.9 Å². The lowest BCUT2D eigenvalue weighted by atomic mass is 9.94. The highest BCUT2D eigenvalue weighted by atomic mass is 16.3. The maximum atomic E-state index is 12.1. The summed E-state index contributed by atoms with van der Waals surface area (Å²) in [5.74, 6) is -0.0365. The SMILES string of the molecule is CCC(CC)(CO)NC(=O)CCn1cnc2ccccc21. The molecule has 5 nitrogen and oxygen atoms in total. The van der Waals surface area contributed by atoms with Crippen LogP contribution in [0.2, 0.25) is 0 Å². The Labute approximate surface area is 125 Å². The van der Waals surface area contributed by atoms with Crippen LogP contribution in [0.4, 0.5) is 0 Å². The van der Waals surface area contributed by atoms with E-state index < -0.39 is 5.54 Å². The predicted molar refractivity (Wildman–Crippen MR) is 82.9 cm³/mol. The minimum absolute atomic E-state index is 0.0280. The number of fused-ring (bicyclic) bond motifs is 1. The molecule has 0 saturated carbocycles. The zero-order valence-corrected chi connectivity index (χ0v) is 12.7. The van der Waals surface area contributed by atoms with E-state index in [4.69, 9.17) is 0 Å². The smallest absolute Gasteiger partial charge is 0.222 e. The number of hydrogen-bond acceptors (Lipinski definition) is 3. The molecule has 0 aliphatic heterocycles. The van der Waals surface area contributed by atoms with Crippen molar-refractivity contribution in [3.05, 3.63) is 30.6 Å². The summed E-state index contributed by atoms with van der Waals surface area (Å²) in [6.07, 6.45) is 3.58. The Bertz CT molecular complexity index is 594. The van der Waals surface area contributed by atoms with Gasteiger partial charge in [0.25, 0.3) is 0 Å². The van der Waals surface area contributed by atoms with Crippen LogP contribution >= 0.6 is 0 Å². The van der Waals surface area contributed by atoms with Crippen molar-refractivity contribution in [2.45, 2.75) is 45.2 Å². The topological polar surface area (TPSA) is 67.2 Å². The second-order valence-corrected chi connectivity index (χ2v) is 5.37. The first-order valence-electron chi connectivity index (χ1n) is 7.46. The molecule has 5 heteroatoms. The maximum absolute atomic E-state index is 12.1. The molecular formula is C16H23N3O2. The van der Waals surface area contributed by atoms with Gasteiger partial charge in [0.1, 0.15) is 0 Å². The Kier molecular flexibility index (Phi) is 4.96. The van der Waals surface area contributed by atoms with E-state index in [1.165, 1.54) is 0 Å². The molecule has 0 spiro atoms. The van der Waals surface area contributed by atoms with Crippen LogP contribution in [0.3, 0.4) is 0 Å². The molecule has 0 aliphatic rings. The second kappa shape index (κ2) is 6.72. The standard InChI is InChI=1S/C16H23N3O2/c1-3-16(4-2,11-20)18-15(21)9-10-19-12-17-13-7-5-6-8-14(13)19/h5-8,12,20H,3-4,9-11H2,1-2H3,(H,18,21). The van der Waals surface area contributed by atoms with Crippen LogP contribution in [0, 0.1) is 0 Å². The van der Waals surface area contributed by atoms with Crippen molar-refractivity contribution in [3.63, 3.8) is 0 Å². The van der Waals surface area contributed by atoms with Gasteiger partial charge in [-0.3, -0.25) is 4.79 Å². The molecular weight excluding hydrogens is 266 g/mol. The fourth-order valence-corrected chi connectivity index (χ4v) is 2.46. The lowest BCUT2D eigenvalue weighted by Crippen LogP contribution is -2.50. The normalized spacial score (nSPS) is 11.8. The molecule has 2 N–H and O–H groups in total. The molecule has 21 heavy (non-hydrogen) atoms. The molecule has 114 valence electrons. The van der Waals surface area contributed by atoms with Crippen molar-refractivity contribution in [3.8, 4) is 0 Å². The van der Waals surface area contributed by atoms with Gasteiger partial charge in [0.05, 0.1) is 29.5 Å². The third-order valence-electron chi connectivity index (χ3n) is 4.17. The van der Waals surface area contributed by atoms with Crippen LogP contribution in [0.15, 0.2) is 30.6 Å². The summed E-state index contributed by atoms with van der Waals surface area (Å²) < 4.78 is 1.98. The zero-order chi connectivity index (χ0) is 15.3. The van der Waals surface area contributed by atoms with Crippen LogP contribution in [0.25, 0.3) is 11.0 Å². The first-order chi connectivity index (χ1) is 10.1. The molecule has 1 amide bonds. The number of imidazole rings is 1. The second-order valence-electron chi connectivity index (χ2n) is 5.37. The van der Waals surface area contributed by atoms with E-state index in [2.05, 4.69) is 10.3 Å². The summed E-state index contributed by atoms with van der Waals surface area (Å²) in [6.45, 7) is 4.51. The van der Waals surface area contributed by atoms with Gasteiger partial charge in [-0.25, -0.2) is 4.98 Å². The number of aromatic nitrogens is 2. The van der Waals surface area contributed by atoms with Gasteiger partial charge in [0.15, 0.2) is 0 Å². The number of rotatable bonds is 7. The lowest BCUT2D eigenvalue weighted by Gasteiger charge is -2.30. The van der Waals surface area contributed by atoms with Crippen LogP contribution < -0.4 is 5.32 Å². The number of aryl methyl sites for hydroxylation is 1. The number of nitrogens with one attached hydrogen (secondary N) is 1. The van der Waals surface area contributed by atoms with E-state index >= 15 is 0 Å². The van der Waals surface area contributed by atoms with Gasteiger partial charge < -0.3 is 15.0 Å². The van der Waals surface area contributed by atoms with E-state index in [9.17, 15) is 9.90 Å². The van der Waals surface area contributed by atoms with Crippen LogP contribution in [-0.4, -0.2) is 32.7 Å².